The fraction of sp³-hybridized carbons (Fsp3) is 0.316. The Hall–Kier alpha value is -1.94. The zero-order chi connectivity index (χ0) is 16.7. The van der Waals surface area contributed by atoms with Crippen LogP contribution < -0.4 is 10.2 Å². The lowest BCUT2D eigenvalue weighted by Gasteiger charge is -2.19. The highest BCUT2D eigenvalue weighted by Crippen LogP contribution is 2.26. The molecule has 2 aromatic rings. The van der Waals surface area contributed by atoms with Crippen molar-refractivity contribution in [2.75, 3.05) is 25.0 Å². The molecule has 0 radical (unpaired) electrons. The topological polar surface area (TPSA) is 32.3 Å². The summed E-state index contributed by atoms with van der Waals surface area (Å²) in [6, 6.07) is 18.0. The van der Waals surface area contributed by atoms with Crippen molar-refractivity contribution in [2.24, 2.45) is 0 Å². The van der Waals surface area contributed by atoms with Gasteiger partial charge in [-0.1, -0.05) is 44.2 Å². The number of hydrogen-bond donors (Lipinski definition) is 1. The first kappa shape index (κ1) is 17.4. The van der Waals surface area contributed by atoms with Gasteiger partial charge in [0, 0.05) is 36.0 Å². The third-order valence-corrected chi connectivity index (χ3v) is 4.51. The zero-order valence-electron chi connectivity index (χ0n) is 14.0. The van der Waals surface area contributed by atoms with Crippen molar-refractivity contribution < 1.29 is 4.79 Å². The van der Waals surface area contributed by atoms with Gasteiger partial charge in [0.2, 0.25) is 0 Å². The Labute approximate surface area is 143 Å². The van der Waals surface area contributed by atoms with Crippen LogP contribution in [0.15, 0.2) is 59.5 Å². The molecule has 2 aromatic carbocycles. The van der Waals surface area contributed by atoms with Crippen LogP contribution in [-0.4, -0.2) is 31.3 Å². The van der Waals surface area contributed by atoms with Gasteiger partial charge in [0.1, 0.15) is 0 Å². The molecule has 0 heterocycles. The Morgan fingerprint density at radius 1 is 1.09 bits per heavy atom. The molecule has 0 aromatic heterocycles. The van der Waals surface area contributed by atoms with Crippen molar-refractivity contribution >= 4 is 23.4 Å². The lowest BCUT2D eigenvalue weighted by Crippen LogP contribution is -2.33. The molecule has 0 atom stereocenters. The maximum atomic E-state index is 12.4. The Bertz CT molecular complexity index is 628. The van der Waals surface area contributed by atoms with Crippen LogP contribution in [0.4, 0.5) is 5.69 Å². The van der Waals surface area contributed by atoms with E-state index in [1.165, 1.54) is 0 Å². The molecule has 0 unspecified atom stereocenters. The SMILES string of the molecule is CC(C)Sc1ccccc1C(=O)NCCN(C)c1ccccc1. The predicted molar refractivity (Wildman–Crippen MR) is 99.5 cm³/mol. The van der Waals surface area contributed by atoms with E-state index in [2.05, 4.69) is 36.2 Å². The maximum absolute atomic E-state index is 12.4. The van der Waals surface area contributed by atoms with E-state index in [1.807, 2.05) is 49.5 Å². The molecule has 0 fully saturated rings. The molecule has 0 saturated heterocycles. The standard InChI is InChI=1S/C19H24N2OS/c1-15(2)23-18-12-8-7-11-17(18)19(22)20-13-14-21(3)16-9-5-4-6-10-16/h4-12,15H,13-14H2,1-3H3,(H,20,22). The van der Waals surface area contributed by atoms with Crippen LogP contribution in [0.3, 0.4) is 0 Å². The van der Waals surface area contributed by atoms with E-state index in [1.54, 1.807) is 11.8 Å². The second kappa shape index (κ2) is 8.63. The van der Waals surface area contributed by atoms with E-state index < -0.39 is 0 Å². The Morgan fingerprint density at radius 2 is 1.74 bits per heavy atom. The highest BCUT2D eigenvalue weighted by atomic mass is 32.2. The van der Waals surface area contributed by atoms with Crippen LogP contribution in [0.5, 0.6) is 0 Å². The van der Waals surface area contributed by atoms with Crippen LogP contribution in [0.1, 0.15) is 24.2 Å². The van der Waals surface area contributed by atoms with Crippen molar-refractivity contribution in [1.82, 2.24) is 5.32 Å². The first-order chi connectivity index (χ1) is 11.1. The first-order valence-corrected chi connectivity index (χ1v) is 8.76. The fourth-order valence-electron chi connectivity index (χ4n) is 2.25. The van der Waals surface area contributed by atoms with Gasteiger partial charge in [-0.05, 0) is 24.3 Å². The van der Waals surface area contributed by atoms with E-state index in [-0.39, 0.29) is 5.91 Å². The molecule has 1 N–H and O–H groups in total. The molecule has 0 aliphatic rings. The largest absolute Gasteiger partial charge is 0.373 e. The zero-order valence-corrected chi connectivity index (χ0v) is 14.8. The van der Waals surface area contributed by atoms with Gasteiger partial charge >= 0.3 is 0 Å². The van der Waals surface area contributed by atoms with E-state index >= 15 is 0 Å². The highest BCUT2D eigenvalue weighted by molar-refractivity contribution is 8.00. The summed E-state index contributed by atoms with van der Waals surface area (Å²) in [6.45, 7) is 5.66. The molecule has 2 rings (SSSR count). The van der Waals surface area contributed by atoms with Crippen LogP contribution in [-0.2, 0) is 0 Å². The lowest BCUT2D eigenvalue weighted by atomic mass is 10.2. The van der Waals surface area contributed by atoms with E-state index in [9.17, 15) is 4.79 Å². The summed E-state index contributed by atoms with van der Waals surface area (Å²) >= 11 is 1.72. The van der Waals surface area contributed by atoms with Crippen molar-refractivity contribution in [3.05, 3.63) is 60.2 Å². The van der Waals surface area contributed by atoms with Crippen molar-refractivity contribution in [3.63, 3.8) is 0 Å². The molecule has 23 heavy (non-hydrogen) atoms. The number of likely N-dealkylation sites (N-methyl/N-ethyl adjacent to an activating group) is 1. The van der Waals surface area contributed by atoms with Gasteiger partial charge < -0.3 is 10.2 Å². The van der Waals surface area contributed by atoms with Crippen molar-refractivity contribution in [3.8, 4) is 0 Å². The third kappa shape index (κ3) is 5.32. The molecule has 0 bridgehead atoms. The Morgan fingerprint density at radius 3 is 2.43 bits per heavy atom. The predicted octanol–water partition coefficient (Wildman–Crippen LogP) is 4.05. The Kier molecular flexibility index (Phi) is 6.53. The summed E-state index contributed by atoms with van der Waals surface area (Å²) in [7, 11) is 2.03. The Balaban J connectivity index is 1.90. The maximum Gasteiger partial charge on any atom is 0.252 e. The molecule has 0 saturated carbocycles. The monoisotopic (exact) mass is 328 g/mol. The molecule has 1 amide bonds. The number of benzene rings is 2. The van der Waals surface area contributed by atoms with Crippen LogP contribution in [0.2, 0.25) is 0 Å². The fourth-order valence-corrected chi connectivity index (χ4v) is 3.21. The number of anilines is 1. The normalized spacial score (nSPS) is 10.6. The highest BCUT2D eigenvalue weighted by Gasteiger charge is 2.12. The average molecular weight is 328 g/mol. The van der Waals surface area contributed by atoms with Gasteiger partial charge in [-0.25, -0.2) is 0 Å². The third-order valence-electron chi connectivity index (χ3n) is 3.42. The number of hydrogen-bond acceptors (Lipinski definition) is 3. The van der Waals surface area contributed by atoms with Gasteiger partial charge in [0.15, 0.2) is 0 Å². The van der Waals surface area contributed by atoms with Gasteiger partial charge in [-0.15, -0.1) is 11.8 Å². The number of nitrogens with zero attached hydrogens (tertiary/aromatic N) is 1. The number of carbonyl (C=O) groups is 1. The molecule has 0 spiro atoms. The van der Waals surface area contributed by atoms with E-state index in [0.29, 0.717) is 11.8 Å². The number of amides is 1. The second-order valence-corrected chi connectivity index (χ2v) is 7.29. The molecule has 4 heteroatoms. The lowest BCUT2D eigenvalue weighted by molar-refractivity contribution is 0.0952. The molecule has 0 aliphatic carbocycles. The summed E-state index contributed by atoms with van der Waals surface area (Å²) in [5, 5.41) is 3.47. The van der Waals surface area contributed by atoms with Gasteiger partial charge in [0.05, 0.1) is 5.56 Å². The molecule has 3 nitrogen and oxygen atoms in total. The minimum absolute atomic E-state index is 0.00443. The van der Waals surface area contributed by atoms with E-state index in [4.69, 9.17) is 0 Å². The molecule has 122 valence electrons. The van der Waals surface area contributed by atoms with Gasteiger partial charge in [-0.2, -0.15) is 0 Å². The van der Waals surface area contributed by atoms with Crippen molar-refractivity contribution in [2.45, 2.75) is 24.0 Å². The number of para-hydroxylation sites is 1. The number of carbonyl (C=O) groups excluding carboxylic acids is 1. The average Bonchev–Trinajstić information content (AvgIpc) is 2.55. The summed E-state index contributed by atoms with van der Waals surface area (Å²) in [6.07, 6.45) is 0. The molecule has 0 aliphatic heterocycles. The second-order valence-electron chi connectivity index (χ2n) is 5.68. The van der Waals surface area contributed by atoms with Crippen LogP contribution >= 0.6 is 11.8 Å². The minimum Gasteiger partial charge on any atom is -0.373 e. The smallest absolute Gasteiger partial charge is 0.252 e. The van der Waals surface area contributed by atoms with Crippen LogP contribution in [0.25, 0.3) is 0 Å². The summed E-state index contributed by atoms with van der Waals surface area (Å²) < 4.78 is 0. The van der Waals surface area contributed by atoms with Gasteiger partial charge in [0.25, 0.3) is 5.91 Å². The summed E-state index contributed by atoms with van der Waals surface area (Å²) in [5.41, 5.74) is 1.91. The van der Waals surface area contributed by atoms with Crippen LogP contribution in [0, 0.1) is 0 Å². The summed E-state index contributed by atoms with van der Waals surface area (Å²) in [5.74, 6) is -0.00443. The molecular formula is C19H24N2OS. The number of rotatable bonds is 7. The number of nitrogens with one attached hydrogen (secondary N) is 1. The first-order valence-electron chi connectivity index (χ1n) is 7.88. The van der Waals surface area contributed by atoms with E-state index in [0.717, 1.165) is 22.7 Å². The quantitative estimate of drug-likeness (QED) is 0.778. The van der Waals surface area contributed by atoms with Crippen molar-refractivity contribution in [1.29, 1.82) is 0 Å². The summed E-state index contributed by atoms with van der Waals surface area (Å²) in [4.78, 5) is 15.6. The molecular weight excluding hydrogens is 304 g/mol. The number of thioether (sulfide) groups is 1. The minimum atomic E-state index is -0.00443. The van der Waals surface area contributed by atoms with Gasteiger partial charge in [-0.3, -0.25) is 4.79 Å².